The topological polar surface area (TPSA) is 586 Å². The summed E-state index contributed by atoms with van der Waals surface area (Å²) in [4.78, 5) is 236. The van der Waals surface area contributed by atoms with Crippen LogP contribution in [0.2, 0.25) is 0 Å². The summed E-state index contributed by atoms with van der Waals surface area (Å²) in [6, 6.07) is -18.1. The molecule has 576 valence electrons. The zero-order chi connectivity index (χ0) is 78.2. The molecule has 0 saturated carbocycles. The number of hydrogen-bond acceptors (Lipinski definition) is 19. The van der Waals surface area contributed by atoms with E-state index in [1.165, 1.54) is 34.6 Å². The maximum Gasteiger partial charge on any atom is 0.326 e. The van der Waals surface area contributed by atoms with Crippen LogP contribution < -0.4 is 97.0 Å². The molecule has 0 radical (unpaired) electrons. The van der Waals surface area contributed by atoms with E-state index >= 15 is 0 Å². The van der Waals surface area contributed by atoms with Gasteiger partial charge in [-0.1, -0.05) is 69.2 Å². The molecule has 17 amide bonds. The van der Waals surface area contributed by atoms with Crippen LogP contribution in [0.25, 0.3) is 0 Å². The van der Waals surface area contributed by atoms with Gasteiger partial charge in [-0.3, -0.25) is 81.5 Å². The fourth-order valence-corrected chi connectivity index (χ4v) is 10.2. The Morgan fingerprint density at radius 2 is 0.647 bits per heavy atom. The molecule has 14 atom stereocenters. The van der Waals surface area contributed by atoms with Crippen molar-refractivity contribution in [1.29, 1.82) is 0 Å². The van der Waals surface area contributed by atoms with Crippen molar-refractivity contribution in [2.75, 3.05) is 13.1 Å². The van der Waals surface area contributed by atoms with E-state index in [2.05, 4.69) is 79.8 Å². The van der Waals surface area contributed by atoms with Gasteiger partial charge in [-0.15, -0.1) is 0 Å². The summed E-state index contributed by atoms with van der Waals surface area (Å²) < 4.78 is 0. The van der Waals surface area contributed by atoms with Gasteiger partial charge < -0.3 is 102 Å². The number of carbonyl (C=O) groups is 18. The zero-order valence-electron chi connectivity index (χ0n) is 61.2. The summed E-state index contributed by atoms with van der Waals surface area (Å²) in [7, 11) is 0. The third-order valence-corrected chi connectivity index (χ3v) is 16.0. The second-order valence-corrected chi connectivity index (χ2v) is 27.6. The van der Waals surface area contributed by atoms with E-state index in [1.54, 1.807) is 69.2 Å². The molecule has 0 aromatic rings. The highest BCUT2D eigenvalue weighted by Gasteiger charge is 2.37. The van der Waals surface area contributed by atoms with Crippen molar-refractivity contribution in [2.24, 2.45) is 46.8 Å². The third-order valence-electron chi connectivity index (χ3n) is 16.0. The fraction of sp³-hybridized carbons (Fsp3) is 0.723. The Labute approximate surface area is 594 Å². The van der Waals surface area contributed by atoms with Gasteiger partial charge in [-0.25, -0.2) is 4.79 Å². The minimum atomic E-state index is -1.58. The van der Waals surface area contributed by atoms with Crippen LogP contribution >= 0.6 is 0 Å². The molecule has 0 aromatic heterocycles. The number of hydrogen-bond donors (Lipinski definition) is 19. The monoisotopic (exact) mass is 1450 g/mol. The molecule has 37 nitrogen and oxygen atoms in total. The Hall–Kier alpha value is -9.58. The standard InChI is InChI=1S/C65H112N18O19/c1-29(2)25-43(61(97)71-34(11)52(88)70-28-49(87)76-40(18-21-46(66)84)59(95)80-44(26-30(3)4)62(98)81-45(65(101)102)27-31(5)6)79-60(96)42(20-23-48(68)86)78-54(90)36(13)75-64(100)51(33(9)10)83-56(92)38(15)73-58(94)41(19-22-47(67)85)77-53(89)35(12)74-63(99)50(32(7)8)82-55(91)37(14)72-57(93)39-17-16-24-69-39/h29-45,50-51,69H,16-28H2,1-15H3,(H2,66,84)(H2,67,85)(H2,68,86)(H,70,88)(H,71,97)(H,72,93)(H,73,94)(H,74,99)(H,75,100)(H,76,87)(H,77,89)(H,78,90)(H,79,96)(H,80,95)(H,81,98)(H,82,91)(H,83,92)(H,101,102)/t34-,35-,36-,37-,38-,39-,40-,41-,42-,43-,44-,45-,50-,51-/m0/s1. The molecule has 37 heteroatoms. The number of primary amides is 3. The van der Waals surface area contributed by atoms with Gasteiger partial charge in [0.1, 0.15) is 78.5 Å². The summed E-state index contributed by atoms with van der Waals surface area (Å²) in [6.45, 7) is 23.2. The maximum atomic E-state index is 14.0. The average molecular weight is 1450 g/mol. The van der Waals surface area contributed by atoms with Crippen LogP contribution in [0.1, 0.15) is 174 Å². The average Bonchev–Trinajstić information content (AvgIpc) is 0.909. The summed E-state index contributed by atoms with van der Waals surface area (Å²) in [5, 5.41) is 47.3. The van der Waals surface area contributed by atoms with Crippen molar-refractivity contribution >= 4 is 106 Å². The van der Waals surface area contributed by atoms with Gasteiger partial charge in [-0.05, 0) is 122 Å². The molecular formula is C65H112N18O19. The number of carboxylic acids is 1. The SMILES string of the molecule is CC(C)C[C@H](NC(=O)[C@H](CC(C)C)NC(=O)[C@H](CCC(N)=O)NC(=O)CNC(=O)[C@H](C)NC(=O)[C@H](CC(C)C)NC(=O)[C@H](CCC(N)=O)NC(=O)[C@H](C)NC(=O)[C@@H](NC(=O)[C@H](C)NC(=O)[C@H](CCC(N)=O)NC(=O)[C@H](C)NC(=O)[C@@H](NC(=O)[C@H](C)NC(=O)[C@@H]1CCCN1)C(C)C)C(C)C)C(=O)O. The molecule has 1 fully saturated rings. The number of nitrogens with two attached hydrogens (primary N) is 3. The van der Waals surface area contributed by atoms with Crippen LogP contribution in [-0.4, -0.2) is 209 Å². The Kier molecular flexibility index (Phi) is 39.6. The van der Waals surface area contributed by atoms with Crippen LogP contribution in [0.3, 0.4) is 0 Å². The zero-order valence-corrected chi connectivity index (χ0v) is 61.2. The lowest BCUT2D eigenvalue weighted by molar-refractivity contribution is -0.143. The van der Waals surface area contributed by atoms with Crippen LogP contribution in [0.4, 0.5) is 0 Å². The first kappa shape index (κ1) is 90.4. The molecule has 0 unspecified atom stereocenters. The number of amides is 17. The van der Waals surface area contributed by atoms with Crippen molar-refractivity contribution in [3.05, 3.63) is 0 Å². The Balaban J connectivity index is 3.15. The smallest absolute Gasteiger partial charge is 0.326 e. The number of carbonyl (C=O) groups excluding carboxylic acids is 17. The van der Waals surface area contributed by atoms with Gasteiger partial charge >= 0.3 is 5.97 Å². The minimum Gasteiger partial charge on any atom is -0.480 e. The quantitative estimate of drug-likeness (QED) is 0.0270. The number of nitrogens with one attached hydrogen (secondary N) is 15. The fourth-order valence-electron chi connectivity index (χ4n) is 10.2. The van der Waals surface area contributed by atoms with Crippen LogP contribution in [0.15, 0.2) is 0 Å². The predicted octanol–water partition coefficient (Wildman–Crippen LogP) is -5.41. The van der Waals surface area contributed by atoms with E-state index in [0.717, 1.165) is 6.42 Å². The molecule has 1 saturated heterocycles. The van der Waals surface area contributed by atoms with Gasteiger partial charge in [0.25, 0.3) is 0 Å². The predicted molar refractivity (Wildman–Crippen MR) is 368 cm³/mol. The summed E-state index contributed by atoms with van der Waals surface area (Å²) in [5.74, 6) is -17.6. The van der Waals surface area contributed by atoms with Crippen LogP contribution in [0.5, 0.6) is 0 Å². The first-order chi connectivity index (χ1) is 47.3. The second-order valence-electron chi connectivity index (χ2n) is 27.6. The molecular weight excluding hydrogens is 1340 g/mol. The van der Waals surface area contributed by atoms with Crippen molar-refractivity contribution < 1.29 is 91.4 Å². The highest BCUT2D eigenvalue weighted by atomic mass is 16.4. The lowest BCUT2D eigenvalue weighted by atomic mass is 10.00. The summed E-state index contributed by atoms with van der Waals surface area (Å²) in [5.41, 5.74) is 16.1. The van der Waals surface area contributed by atoms with Crippen LogP contribution in [0, 0.1) is 29.6 Å². The maximum absolute atomic E-state index is 14.0. The lowest BCUT2D eigenvalue weighted by Crippen LogP contribution is -2.60. The molecule has 1 aliphatic rings. The largest absolute Gasteiger partial charge is 0.480 e. The highest BCUT2D eigenvalue weighted by molar-refractivity contribution is 6.00. The molecule has 0 aliphatic carbocycles. The molecule has 0 bridgehead atoms. The van der Waals surface area contributed by atoms with E-state index in [1.807, 2.05) is 0 Å². The number of carboxylic acid groups (broad SMARTS) is 1. The Morgan fingerprint density at radius 1 is 0.353 bits per heavy atom. The van der Waals surface area contributed by atoms with E-state index in [4.69, 9.17) is 17.2 Å². The van der Waals surface area contributed by atoms with Crippen molar-refractivity contribution in [3.63, 3.8) is 0 Å². The Morgan fingerprint density at radius 3 is 0.990 bits per heavy atom. The number of aliphatic carboxylic acids is 1. The third kappa shape index (κ3) is 34.2. The molecule has 1 heterocycles. The Bertz CT molecular complexity index is 2980. The van der Waals surface area contributed by atoms with E-state index in [9.17, 15) is 91.4 Å². The van der Waals surface area contributed by atoms with E-state index < -0.39 is 229 Å². The molecule has 0 spiro atoms. The van der Waals surface area contributed by atoms with Gasteiger partial charge in [0.2, 0.25) is 100 Å². The molecule has 1 aliphatic heterocycles. The van der Waals surface area contributed by atoms with Gasteiger partial charge in [0.05, 0.1) is 12.6 Å². The summed E-state index contributed by atoms with van der Waals surface area (Å²) in [6.07, 6.45) is -0.887. The number of rotatable bonds is 46. The molecule has 1 rings (SSSR count). The normalized spacial score (nSPS) is 16.5. The summed E-state index contributed by atoms with van der Waals surface area (Å²) >= 11 is 0. The highest BCUT2D eigenvalue weighted by Crippen LogP contribution is 2.14. The molecule has 0 aromatic carbocycles. The van der Waals surface area contributed by atoms with E-state index in [0.29, 0.717) is 13.0 Å². The van der Waals surface area contributed by atoms with Crippen molar-refractivity contribution in [2.45, 2.75) is 259 Å². The minimum absolute atomic E-state index is 0.0474. The van der Waals surface area contributed by atoms with Gasteiger partial charge in [0.15, 0.2) is 0 Å². The molecule has 102 heavy (non-hydrogen) atoms. The lowest BCUT2D eigenvalue weighted by Gasteiger charge is -2.28. The van der Waals surface area contributed by atoms with Gasteiger partial charge in [-0.2, -0.15) is 0 Å². The van der Waals surface area contributed by atoms with Crippen LogP contribution in [-0.2, 0) is 86.3 Å². The molecule has 22 N–H and O–H groups in total. The second kappa shape index (κ2) is 44.6. The van der Waals surface area contributed by atoms with Gasteiger partial charge in [0, 0.05) is 19.3 Å². The van der Waals surface area contributed by atoms with Crippen molar-refractivity contribution in [1.82, 2.24) is 79.8 Å². The van der Waals surface area contributed by atoms with Crippen molar-refractivity contribution in [3.8, 4) is 0 Å². The first-order valence-electron chi connectivity index (χ1n) is 34.4. The van der Waals surface area contributed by atoms with E-state index in [-0.39, 0.29) is 55.8 Å². The first-order valence-corrected chi connectivity index (χ1v) is 34.4.